The number of benzene rings is 1. The monoisotopic (exact) mass is 272 g/mol. The molecule has 0 spiro atoms. The molecule has 1 aliphatic heterocycles. The lowest BCUT2D eigenvalue weighted by molar-refractivity contribution is 0.522. The van der Waals surface area contributed by atoms with E-state index in [4.69, 9.17) is 11.6 Å². The van der Waals surface area contributed by atoms with Crippen molar-refractivity contribution >= 4 is 35.5 Å². The van der Waals surface area contributed by atoms with Gasteiger partial charge < -0.3 is 5.32 Å². The van der Waals surface area contributed by atoms with E-state index in [-0.39, 0.29) is 17.9 Å². The van der Waals surface area contributed by atoms with Crippen LogP contribution in [0.4, 0.5) is 5.69 Å². The van der Waals surface area contributed by atoms with Gasteiger partial charge in [0.1, 0.15) is 5.84 Å². The second-order valence-corrected chi connectivity index (χ2v) is 5.32. The first kappa shape index (κ1) is 14.3. The Bertz CT molecular complexity index is 439. The summed E-state index contributed by atoms with van der Waals surface area (Å²) < 4.78 is 0. The lowest BCUT2D eigenvalue weighted by atomic mass is 10.0. The summed E-state index contributed by atoms with van der Waals surface area (Å²) in [6.07, 6.45) is 2.12. The zero-order chi connectivity index (χ0) is 11.8. The molecule has 0 fully saturated rings. The minimum absolute atomic E-state index is 0. The van der Waals surface area contributed by atoms with Crippen molar-refractivity contribution in [3.05, 3.63) is 28.8 Å². The maximum absolute atomic E-state index is 6.08. The summed E-state index contributed by atoms with van der Waals surface area (Å²) in [7, 11) is 0. The molecule has 2 rings (SSSR count). The van der Waals surface area contributed by atoms with Gasteiger partial charge in [-0.15, -0.1) is 12.4 Å². The van der Waals surface area contributed by atoms with Gasteiger partial charge in [0.15, 0.2) is 0 Å². The first-order chi connectivity index (χ1) is 7.48. The number of nitrogens with one attached hydrogen (secondary N) is 1. The predicted molar refractivity (Wildman–Crippen MR) is 77.8 cm³/mol. The van der Waals surface area contributed by atoms with Crippen LogP contribution in [-0.2, 0) is 0 Å². The highest BCUT2D eigenvalue weighted by molar-refractivity contribution is 6.31. The first-order valence-electron chi connectivity index (χ1n) is 5.59. The van der Waals surface area contributed by atoms with Crippen molar-refractivity contribution in [1.29, 1.82) is 0 Å². The lowest BCUT2D eigenvalue weighted by Crippen LogP contribution is -2.12. The quantitative estimate of drug-likeness (QED) is 0.803. The van der Waals surface area contributed by atoms with Crippen LogP contribution < -0.4 is 5.32 Å². The van der Waals surface area contributed by atoms with Crippen LogP contribution in [0, 0.1) is 6.92 Å². The number of aliphatic imine (C=N–C) groups is 1. The molecule has 1 aromatic rings. The Morgan fingerprint density at radius 3 is 2.65 bits per heavy atom. The minimum Gasteiger partial charge on any atom is -0.344 e. The molecule has 94 valence electrons. The number of hydrogen-bond acceptors (Lipinski definition) is 2. The zero-order valence-corrected chi connectivity index (χ0v) is 12.0. The fourth-order valence-electron chi connectivity index (χ4n) is 1.89. The van der Waals surface area contributed by atoms with Gasteiger partial charge >= 0.3 is 0 Å². The topological polar surface area (TPSA) is 24.4 Å². The molecule has 0 amide bonds. The molecule has 0 bridgehead atoms. The van der Waals surface area contributed by atoms with Crippen molar-refractivity contribution in [1.82, 2.24) is 0 Å². The van der Waals surface area contributed by atoms with Crippen molar-refractivity contribution in [3.8, 4) is 0 Å². The number of nitrogens with zero attached hydrogens (tertiary/aromatic N) is 1. The van der Waals surface area contributed by atoms with E-state index in [1.807, 2.05) is 25.1 Å². The molecule has 1 N–H and O–H groups in total. The SMILES string of the molecule is Cc1c(Cl)cccc1NC1=NC(C)(C)CC1.Cl. The van der Waals surface area contributed by atoms with Gasteiger partial charge in [-0.1, -0.05) is 17.7 Å². The third-order valence-corrected chi connectivity index (χ3v) is 3.37. The molecule has 1 aliphatic rings. The van der Waals surface area contributed by atoms with E-state index in [0.29, 0.717) is 0 Å². The fraction of sp³-hybridized carbons (Fsp3) is 0.462. The number of halogens is 2. The van der Waals surface area contributed by atoms with Crippen molar-refractivity contribution in [3.63, 3.8) is 0 Å². The molecule has 0 radical (unpaired) electrons. The predicted octanol–water partition coefficient (Wildman–Crippen LogP) is 4.45. The van der Waals surface area contributed by atoms with Crippen LogP contribution in [0.3, 0.4) is 0 Å². The molecule has 0 aromatic heterocycles. The summed E-state index contributed by atoms with van der Waals surface area (Å²) in [5.41, 5.74) is 2.22. The Hall–Kier alpha value is -0.730. The van der Waals surface area contributed by atoms with Gasteiger partial charge in [0.05, 0.1) is 5.54 Å². The summed E-state index contributed by atoms with van der Waals surface area (Å²) >= 11 is 6.08. The standard InChI is InChI=1S/C13H17ClN2.ClH/c1-9-10(14)5-4-6-11(9)15-12-7-8-13(2,3)16-12;/h4-6H,7-8H2,1-3H3,(H,15,16);1H. The highest BCUT2D eigenvalue weighted by Crippen LogP contribution is 2.27. The maximum atomic E-state index is 6.08. The number of hydrogen-bond donors (Lipinski definition) is 1. The van der Waals surface area contributed by atoms with Crippen molar-refractivity contribution in [2.24, 2.45) is 4.99 Å². The van der Waals surface area contributed by atoms with Crippen molar-refractivity contribution in [2.75, 3.05) is 5.32 Å². The van der Waals surface area contributed by atoms with E-state index in [1.54, 1.807) is 0 Å². The molecule has 2 nitrogen and oxygen atoms in total. The molecule has 17 heavy (non-hydrogen) atoms. The van der Waals surface area contributed by atoms with E-state index in [2.05, 4.69) is 24.2 Å². The smallest absolute Gasteiger partial charge is 0.101 e. The van der Waals surface area contributed by atoms with Gasteiger partial charge in [-0.2, -0.15) is 0 Å². The van der Waals surface area contributed by atoms with Crippen LogP contribution in [0.15, 0.2) is 23.2 Å². The molecule has 4 heteroatoms. The molecule has 0 aliphatic carbocycles. The lowest BCUT2D eigenvalue weighted by Gasteiger charge is -2.11. The van der Waals surface area contributed by atoms with Gasteiger partial charge in [-0.3, -0.25) is 4.99 Å². The number of rotatable bonds is 1. The maximum Gasteiger partial charge on any atom is 0.101 e. The summed E-state index contributed by atoms with van der Waals surface area (Å²) in [6, 6.07) is 5.90. The van der Waals surface area contributed by atoms with Crippen LogP contribution >= 0.6 is 24.0 Å². The van der Waals surface area contributed by atoms with E-state index in [9.17, 15) is 0 Å². The largest absolute Gasteiger partial charge is 0.344 e. The van der Waals surface area contributed by atoms with Gasteiger partial charge in [0.25, 0.3) is 0 Å². The van der Waals surface area contributed by atoms with Gasteiger partial charge in [-0.25, -0.2) is 0 Å². The van der Waals surface area contributed by atoms with Crippen LogP contribution in [0.2, 0.25) is 5.02 Å². The molecule has 0 saturated heterocycles. The van der Waals surface area contributed by atoms with Gasteiger partial charge in [0, 0.05) is 17.1 Å². The molecular weight excluding hydrogens is 255 g/mol. The summed E-state index contributed by atoms with van der Waals surface area (Å²) in [5.74, 6) is 1.07. The molecule has 0 saturated carbocycles. The Labute approximate surface area is 114 Å². The van der Waals surface area contributed by atoms with E-state index in [0.717, 1.165) is 35.0 Å². The van der Waals surface area contributed by atoms with Crippen LogP contribution in [0.25, 0.3) is 0 Å². The Morgan fingerprint density at radius 1 is 1.35 bits per heavy atom. The third kappa shape index (κ3) is 3.36. The Kier molecular flexibility index (Phi) is 4.45. The minimum atomic E-state index is 0. The van der Waals surface area contributed by atoms with E-state index < -0.39 is 0 Å². The normalized spacial score (nSPS) is 17.3. The fourth-order valence-corrected chi connectivity index (χ4v) is 2.06. The summed E-state index contributed by atoms with van der Waals surface area (Å²) in [4.78, 5) is 4.65. The molecule has 0 unspecified atom stereocenters. The van der Waals surface area contributed by atoms with Crippen molar-refractivity contribution in [2.45, 2.75) is 39.2 Å². The summed E-state index contributed by atoms with van der Waals surface area (Å²) in [5, 5.41) is 4.17. The van der Waals surface area contributed by atoms with Gasteiger partial charge in [-0.05, 0) is 44.9 Å². The molecular formula is C13H18Cl2N2. The summed E-state index contributed by atoms with van der Waals surface area (Å²) in [6.45, 7) is 6.34. The Morgan fingerprint density at radius 2 is 2.06 bits per heavy atom. The van der Waals surface area contributed by atoms with Gasteiger partial charge in [0.2, 0.25) is 0 Å². The average molecular weight is 273 g/mol. The number of anilines is 1. The zero-order valence-electron chi connectivity index (χ0n) is 10.4. The highest BCUT2D eigenvalue weighted by Gasteiger charge is 2.24. The van der Waals surface area contributed by atoms with E-state index >= 15 is 0 Å². The molecule has 0 atom stereocenters. The average Bonchev–Trinajstić information content (AvgIpc) is 2.53. The second kappa shape index (κ2) is 5.28. The van der Waals surface area contributed by atoms with Crippen molar-refractivity contribution < 1.29 is 0 Å². The molecule has 1 heterocycles. The Balaban J connectivity index is 0.00000144. The van der Waals surface area contributed by atoms with E-state index in [1.165, 1.54) is 0 Å². The highest BCUT2D eigenvalue weighted by atomic mass is 35.5. The molecule has 1 aromatic carbocycles. The third-order valence-electron chi connectivity index (χ3n) is 2.96. The van der Waals surface area contributed by atoms with Crippen LogP contribution in [0.1, 0.15) is 32.3 Å². The first-order valence-corrected chi connectivity index (χ1v) is 5.97. The second-order valence-electron chi connectivity index (χ2n) is 4.91. The van der Waals surface area contributed by atoms with Crippen LogP contribution in [-0.4, -0.2) is 11.4 Å². The van der Waals surface area contributed by atoms with Crippen LogP contribution in [0.5, 0.6) is 0 Å². The number of amidine groups is 1.